The van der Waals surface area contributed by atoms with E-state index < -0.39 is 11.7 Å². The van der Waals surface area contributed by atoms with Crippen LogP contribution in [0.2, 0.25) is 0 Å². The number of hydrogen-bond acceptors (Lipinski definition) is 2. The molecule has 0 fully saturated rings. The molecule has 2 N–H and O–H groups in total. The molecular formula is C12H13F3N2O. The second-order valence-corrected chi connectivity index (χ2v) is 3.96. The zero-order valence-electron chi connectivity index (χ0n) is 9.79. The number of nitrogens with zero attached hydrogens (tertiary/aromatic N) is 1. The van der Waals surface area contributed by atoms with Crippen molar-refractivity contribution in [3.63, 3.8) is 0 Å². The van der Waals surface area contributed by atoms with Crippen molar-refractivity contribution >= 4 is 10.9 Å². The number of hydrogen-bond donors (Lipinski definition) is 1. The summed E-state index contributed by atoms with van der Waals surface area (Å²) >= 11 is 0. The van der Waals surface area contributed by atoms with E-state index in [0.717, 1.165) is 23.2 Å². The lowest BCUT2D eigenvalue weighted by atomic mass is 10.1. The summed E-state index contributed by atoms with van der Waals surface area (Å²) in [5, 5.41) is 0.747. The molecule has 0 radical (unpaired) electrons. The Morgan fingerprint density at radius 3 is 2.56 bits per heavy atom. The molecule has 0 atom stereocenters. The van der Waals surface area contributed by atoms with Crippen LogP contribution in [0, 0.1) is 0 Å². The van der Waals surface area contributed by atoms with Crippen molar-refractivity contribution in [1.82, 2.24) is 4.57 Å². The van der Waals surface area contributed by atoms with E-state index in [1.54, 1.807) is 10.6 Å². The molecule has 98 valence electrons. The second-order valence-electron chi connectivity index (χ2n) is 3.96. The van der Waals surface area contributed by atoms with Crippen molar-refractivity contribution in [3.8, 4) is 0 Å². The van der Waals surface area contributed by atoms with E-state index in [1.807, 2.05) is 6.92 Å². The zero-order chi connectivity index (χ0) is 13.3. The van der Waals surface area contributed by atoms with E-state index in [-0.39, 0.29) is 6.61 Å². The molecule has 2 rings (SSSR count). The SMILES string of the molecule is CCn1c(CON)cc2ccc(C(F)(F)F)cc21. The quantitative estimate of drug-likeness (QED) is 0.859. The van der Waals surface area contributed by atoms with Gasteiger partial charge in [-0.25, -0.2) is 5.90 Å². The summed E-state index contributed by atoms with van der Waals surface area (Å²) < 4.78 is 39.7. The Kier molecular flexibility index (Phi) is 3.32. The number of nitrogens with two attached hydrogens (primary N) is 1. The maximum absolute atomic E-state index is 12.7. The fourth-order valence-electron chi connectivity index (χ4n) is 2.07. The van der Waals surface area contributed by atoms with Gasteiger partial charge in [0.05, 0.1) is 5.56 Å². The Morgan fingerprint density at radius 2 is 2.00 bits per heavy atom. The Labute approximate surface area is 102 Å². The van der Waals surface area contributed by atoms with Crippen LogP contribution in [0.25, 0.3) is 10.9 Å². The minimum absolute atomic E-state index is 0.171. The average molecular weight is 258 g/mol. The van der Waals surface area contributed by atoms with Crippen LogP contribution >= 0.6 is 0 Å². The molecular weight excluding hydrogens is 245 g/mol. The van der Waals surface area contributed by atoms with Gasteiger partial charge in [-0.1, -0.05) is 6.07 Å². The van der Waals surface area contributed by atoms with Gasteiger partial charge in [-0.2, -0.15) is 13.2 Å². The summed E-state index contributed by atoms with van der Waals surface area (Å²) in [6, 6.07) is 5.48. The lowest BCUT2D eigenvalue weighted by molar-refractivity contribution is -0.137. The van der Waals surface area contributed by atoms with Gasteiger partial charge in [0.15, 0.2) is 0 Å². The van der Waals surface area contributed by atoms with Crippen molar-refractivity contribution in [2.45, 2.75) is 26.3 Å². The summed E-state index contributed by atoms with van der Waals surface area (Å²) in [5.74, 6) is 5.01. The summed E-state index contributed by atoms with van der Waals surface area (Å²) in [7, 11) is 0. The highest BCUT2D eigenvalue weighted by Gasteiger charge is 2.30. The average Bonchev–Trinajstić information content (AvgIpc) is 2.64. The molecule has 1 aromatic heterocycles. The maximum atomic E-state index is 12.7. The van der Waals surface area contributed by atoms with E-state index in [4.69, 9.17) is 5.90 Å². The minimum atomic E-state index is -4.33. The number of halogens is 3. The number of alkyl halides is 3. The maximum Gasteiger partial charge on any atom is 0.416 e. The topological polar surface area (TPSA) is 40.2 Å². The minimum Gasteiger partial charge on any atom is -0.343 e. The third-order valence-corrected chi connectivity index (χ3v) is 2.86. The van der Waals surface area contributed by atoms with Crippen LogP contribution in [0.3, 0.4) is 0 Å². The first-order valence-corrected chi connectivity index (χ1v) is 5.48. The smallest absolute Gasteiger partial charge is 0.343 e. The highest BCUT2D eigenvalue weighted by atomic mass is 19.4. The molecule has 0 saturated heterocycles. The van der Waals surface area contributed by atoms with Crippen LogP contribution in [-0.4, -0.2) is 4.57 Å². The van der Waals surface area contributed by atoms with Crippen molar-refractivity contribution in [2.75, 3.05) is 0 Å². The third kappa shape index (κ3) is 2.21. The largest absolute Gasteiger partial charge is 0.416 e. The highest BCUT2D eigenvalue weighted by Crippen LogP contribution is 2.32. The first kappa shape index (κ1) is 12.9. The van der Waals surface area contributed by atoms with Crippen LogP contribution in [0.5, 0.6) is 0 Å². The number of fused-ring (bicyclic) bond motifs is 1. The Hall–Kier alpha value is -1.53. The van der Waals surface area contributed by atoms with Gasteiger partial charge in [-0.15, -0.1) is 0 Å². The van der Waals surface area contributed by atoms with Crippen molar-refractivity contribution in [1.29, 1.82) is 0 Å². The standard InChI is InChI=1S/C12H13F3N2O/c1-2-17-10(7-18-16)5-8-3-4-9(6-11(8)17)12(13,14)15/h3-6H,2,7,16H2,1H3. The molecule has 0 saturated carbocycles. The lowest BCUT2D eigenvalue weighted by Crippen LogP contribution is -2.07. The van der Waals surface area contributed by atoms with Gasteiger partial charge in [-0.05, 0) is 30.5 Å². The van der Waals surface area contributed by atoms with E-state index in [0.29, 0.717) is 12.1 Å². The summed E-state index contributed by atoms with van der Waals surface area (Å²) in [6.07, 6.45) is -4.33. The predicted molar refractivity (Wildman–Crippen MR) is 61.6 cm³/mol. The molecule has 0 aliphatic carbocycles. The molecule has 0 bridgehead atoms. The second kappa shape index (κ2) is 4.62. The van der Waals surface area contributed by atoms with Gasteiger partial charge in [0, 0.05) is 17.8 Å². The van der Waals surface area contributed by atoms with Crippen LogP contribution in [0.4, 0.5) is 13.2 Å². The Morgan fingerprint density at radius 1 is 1.28 bits per heavy atom. The Balaban J connectivity index is 2.61. The summed E-state index contributed by atoms with van der Waals surface area (Å²) in [5.41, 5.74) is 0.650. The first-order valence-electron chi connectivity index (χ1n) is 5.48. The fraction of sp³-hybridized carbons (Fsp3) is 0.333. The van der Waals surface area contributed by atoms with Gasteiger partial charge in [0.25, 0.3) is 0 Å². The molecule has 0 spiro atoms. The highest BCUT2D eigenvalue weighted by molar-refractivity contribution is 5.82. The normalized spacial score (nSPS) is 12.3. The van der Waals surface area contributed by atoms with Crippen LogP contribution in [0.1, 0.15) is 18.2 Å². The molecule has 2 aromatic rings. The summed E-state index contributed by atoms with van der Waals surface area (Å²) in [4.78, 5) is 4.55. The van der Waals surface area contributed by atoms with Gasteiger partial charge in [-0.3, -0.25) is 4.84 Å². The van der Waals surface area contributed by atoms with Crippen molar-refractivity contribution in [2.24, 2.45) is 5.90 Å². The molecule has 0 unspecified atom stereocenters. The van der Waals surface area contributed by atoms with Gasteiger partial charge < -0.3 is 4.57 Å². The van der Waals surface area contributed by atoms with Crippen LogP contribution in [0.15, 0.2) is 24.3 Å². The van der Waals surface area contributed by atoms with Gasteiger partial charge in [0.1, 0.15) is 6.61 Å². The van der Waals surface area contributed by atoms with Crippen LogP contribution < -0.4 is 5.90 Å². The first-order chi connectivity index (χ1) is 8.47. The lowest BCUT2D eigenvalue weighted by Gasteiger charge is -2.09. The third-order valence-electron chi connectivity index (χ3n) is 2.86. The molecule has 0 aliphatic heterocycles. The number of aryl methyl sites for hydroxylation is 1. The number of rotatable bonds is 3. The van der Waals surface area contributed by atoms with E-state index >= 15 is 0 Å². The molecule has 0 amide bonds. The number of benzene rings is 1. The predicted octanol–water partition coefficient (Wildman–Crippen LogP) is 3.07. The Bertz CT molecular complexity index is 560. The molecule has 6 heteroatoms. The molecule has 3 nitrogen and oxygen atoms in total. The molecule has 1 aromatic carbocycles. The monoisotopic (exact) mass is 258 g/mol. The van der Waals surface area contributed by atoms with Gasteiger partial charge in [0.2, 0.25) is 0 Å². The molecule has 18 heavy (non-hydrogen) atoms. The van der Waals surface area contributed by atoms with Crippen LogP contribution in [-0.2, 0) is 24.2 Å². The molecule has 1 heterocycles. The fourth-order valence-corrected chi connectivity index (χ4v) is 2.07. The van der Waals surface area contributed by atoms with Crippen molar-refractivity contribution < 1.29 is 18.0 Å². The van der Waals surface area contributed by atoms with Crippen molar-refractivity contribution in [3.05, 3.63) is 35.5 Å². The number of aromatic nitrogens is 1. The zero-order valence-corrected chi connectivity index (χ0v) is 9.79. The van der Waals surface area contributed by atoms with Gasteiger partial charge >= 0.3 is 6.18 Å². The molecule has 0 aliphatic rings. The summed E-state index contributed by atoms with van der Waals surface area (Å²) in [6.45, 7) is 2.59. The van der Waals surface area contributed by atoms with E-state index in [1.165, 1.54) is 6.07 Å². The van der Waals surface area contributed by atoms with E-state index in [9.17, 15) is 13.2 Å². The van der Waals surface area contributed by atoms with E-state index in [2.05, 4.69) is 4.84 Å².